The summed E-state index contributed by atoms with van der Waals surface area (Å²) in [4.78, 5) is 4.79. The van der Waals surface area contributed by atoms with E-state index in [1.54, 1.807) is 0 Å². The minimum absolute atomic E-state index is 0.411. The van der Waals surface area contributed by atoms with Crippen LogP contribution in [0.25, 0.3) is 49.5 Å². The van der Waals surface area contributed by atoms with Crippen LogP contribution in [0.5, 0.6) is 0 Å². The number of hydrogen-bond acceptors (Lipinski definition) is 2. The molecule has 0 saturated carbocycles. The lowest BCUT2D eigenvalue weighted by Gasteiger charge is -2.17. The zero-order valence-corrected chi connectivity index (χ0v) is 22.1. The number of hydrogen-bond donors (Lipinski definition) is 1. The van der Waals surface area contributed by atoms with Crippen LogP contribution >= 0.6 is 0 Å². The van der Waals surface area contributed by atoms with Gasteiger partial charge in [-0.1, -0.05) is 86.6 Å². The van der Waals surface area contributed by atoms with Gasteiger partial charge in [0.2, 0.25) is 0 Å². The molecule has 7 rings (SSSR count). The number of nitrogens with one attached hydrogen (secondary N) is 1. The summed E-state index contributed by atoms with van der Waals surface area (Å²) in [5.74, 6) is 0.411. The van der Waals surface area contributed by atoms with Gasteiger partial charge in [0.15, 0.2) is 0 Å². The summed E-state index contributed by atoms with van der Waals surface area (Å²) in [5.41, 5.74) is 10.4. The number of benzene rings is 5. The lowest BCUT2D eigenvalue weighted by atomic mass is 9.92. The second-order valence-electron chi connectivity index (χ2n) is 10.4. The molecule has 0 atom stereocenters. The van der Waals surface area contributed by atoms with Gasteiger partial charge in [-0.25, -0.2) is 0 Å². The van der Waals surface area contributed by atoms with E-state index in [-0.39, 0.29) is 0 Å². The number of fused-ring (bicyclic) bond motifs is 4. The van der Waals surface area contributed by atoms with E-state index in [4.69, 9.17) is 4.98 Å². The molecule has 0 saturated heterocycles. The van der Waals surface area contributed by atoms with Crippen molar-refractivity contribution in [3.8, 4) is 16.8 Å². The van der Waals surface area contributed by atoms with Crippen LogP contribution in [0.15, 0.2) is 128 Å². The van der Waals surface area contributed by atoms with Gasteiger partial charge in [0.05, 0.1) is 16.6 Å². The molecule has 5 aromatic carbocycles. The monoisotopic (exact) mass is 503 g/mol. The molecule has 0 spiro atoms. The first-order chi connectivity index (χ1) is 19.2. The van der Waals surface area contributed by atoms with E-state index in [0.29, 0.717) is 5.92 Å². The highest BCUT2D eigenvalue weighted by atomic mass is 15.0. The van der Waals surface area contributed by atoms with Crippen LogP contribution < -0.4 is 5.32 Å². The lowest BCUT2D eigenvalue weighted by Crippen LogP contribution is -1.97. The predicted molar refractivity (Wildman–Crippen MR) is 165 cm³/mol. The number of nitrogens with zero attached hydrogens (tertiary/aromatic N) is 2. The summed E-state index contributed by atoms with van der Waals surface area (Å²) >= 11 is 0. The first kappa shape index (κ1) is 23.2. The van der Waals surface area contributed by atoms with Crippen molar-refractivity contribution in [3.05, 3.63) is 133 Å². The maximum absolute atomic E-state index is 4.79. The molecule has 1 N–H and O–H groups in total. The second-order valence-corrected chi connectivity index (χ2v) is 10.4. The second kappa shape index (κ2) is 9.45. The third kappa shape index (κ3) is 4.04. The molecule has 39 heavy (non-hydrogen) atoms. The van der Waals surface area contributed by atoms with Crippen LogP contribution in [0, 0.1) is 0 Å². The van der Waals surface area contributed by atoms with Gasteiger partial charge in [0.1, 0.15) is 0 Å². The van der Waals surface area contributed by atoms with Crippen molar-refractivity contribution in [2.75, 3.05) is 5.32 Å². The molecule has 3 heteroatoms. The van der Waals surface area contributed by atoms with Gasteiger partial charge >= 0.3 is 0 Å². The Bertz CT molecular complexity index is 1950. The number of rotatable bonds is 5. The van der Waals surface area contributed by atoms with E-state index < -0.39 is 0 Å². The molecule has 0 unspecified atom stereocenters. The standard InChI is InChI=1S/C36H29N3/c1-24(2)26-21-31-29(25-11-5-3-6-12-25)15-9-16-30(31)33(22-26)38-27-18-19-34-32(23-27)36-35(17-10-20-37-36)39(34)28-13-7-4-8-14-28/h3-24,38H,1-2H3. The Morgan fingerprint density at radius 2 is 1.44 bits per heavy atom. The topological polar surface area (TPSA) is 29.9 Å². The number of anilines is 2. The van der Waals surface area contributed by atoms with Crippen LogP contribution in [0.1, 0.15) is 25.3 Å². The fraction of sp³-hybridized carbons (Fsp3) is 0.0833. The number of pyridine rings is 1. The molecule has 188 valence electrons. The third-order valence-corrected chi connectivity index (χ3v) is 7.58. The van der Waals surface area contributed by atoms with Crippen molar-refractivity contribution in [2.24, 2.45) is 0 Å². The molecule has 7 aromatic rings. The van der Waals surface area contributed by atoms with Gasteiger partial charge in [-0.3, -0.25) is 4.98 Å². The quantitative estimate of drug-likeness (QED) is 0.253. The van der Waals surface area contributed by atoms with Gasteiger partial charge in [0, 0.05) is 34.0 Å². The molecular formula is C36H29N3. The predicted octanol–water partition coefficient (Wildman–Crippen LogP) is 9.87. The van der Waals surface area contributed by atoms with E-state index in [0.717, 1.165) is 39.0 Å². The molecule has 0 aliphatic heterocycles. The Balaban J connectivity index is 1.40. The van der Waals surface area contributed by atoms with Crippen LogP contribution in [0.2, 0.25) is 0 Å². The Morgan fingerprint density at radius 1 is 0.641 bits per heavy atom. The van der Waals surface area contributed by atoms with Gasteiger partial charge < -0.3 is 9.88 Å². The largest absolute Gasteiger partial charge is 0.355 e. The highest BCUT2D eigenvalue weighted by Gasteiger charge is 2.15. The van der Waals surface area contributed by atoms with E-state index >= 15 is 0 Å². The highest BCUT2D eigenvalue weighted by Crippen LogP contribution is 2.38. The van der Waals surface area contributed by atoms with Crippen LogP contribution in [0.3, 0.4) is 0 Å². The van der Waals surface area contributed by atoms with Crippen LogP contribution in [-0.4, -0.2) is 9.55 Å². The van der Waals surface area contributed by atoms with E-state index in [9.17, 15) is 0 Å². The molecule has 0 aliphatic carbocycles. The first-order valence-corrected chi connectivity index (χ1v) is 13.5. The summed E-state index contributed by atoms with van der Waals surface area (Å²) in [5, 5.41) is 7.40. The van der Waals surface area contributed by atoms with E-state index in [1.165, 1.54) is 27.5 Å². The van der Waals surface area contributed by atoms with Crippen molar-refractivity contribution in [1.29, 1.82) is 0 Å². The minimum Gasteiger partial charge on any atom is -0.355 e. The van der Waals surface area contributed by atoms with E-state index in [2.05, 4.69) is 139 Å². The molecule has 2 aromatic heterocycles. The fourth-order valence-electron chi connectivity index (χ4n) is 5.64. The molecular weight excluding hydrogens is 474 g/mol. The average Bonchev–Trinajstić information content (AvgIpc) is 3.31. The highest BCUT2D eigenvalue weighted by molar-refractivity contribution is 6.09. The zero-order chi connectivity index (χ0) is 26.3. The normalized spacial score (nSPS) is 11.6. The Hall–Kier alpha value is -4.89. The average molecular weight is 504 g/mol. The van der Waals surface area contributed by atoms with Crippen LogP contribution in [0.4, 0.5) is 11.4 Å². The summed E-state index contributed by atoms with van der Waals surface area (Å²) in [6.07, 6.45) is 1.88. The number of aromatic nitrogens is 2. The van der Waals surface area contributed by atoms with Crippen molar-refractivity contribution < 1.29 is 0 Å². The fourth-order valence-corrected chi connectivity index (χ4v) is 5.64. The first-order valence-electron chi connectivity index (χ1n) is 13.5. The van der Waals surface area contributed by atoms with Gasteiger partial charge in [-0.05, 0) is 76.5 Å². The SMILES string of the molecule is CC(C)c1cc(Nc2ccc3c(c2)c2ncccc2n3-c2ccccc2)c2cccc(-c3ccccc3)c2c1. The summed E-state index contributed by atoms with van der Waals surface area (Å²) in [7, 11) is 0. The molecule has 0 fully saturated rings. The minimum atomic E-state index is 0.411. The smallest absolute Gasteiger partial charge is 0.0964 e. The Kier molecular flexibility index (Phi) is 5.63. The van der Waals surface area contributed by atoms with Crippen molar-refractivity contribution >= 4 is 44.1 Å². The van der Waals surface area contributed by atoms with Gasteiger partial charge in [-0.15, -0.1) is 0 Å². The Labute approximate surface area is 228 Å². The summed E-state index contributed by atoms with van der Waals surface area (Å²) in [6, 6.07) is 43.2. The molecule has 0 radical (unpaired) electrons. The molecule has 2 heterocycles. The van der Waals surface area contributed by atoms with Crippen molar-refractivity contribution in [1.82, 2.24) is 9.55 Å². The number of para-hydroxylation sites is 1. The van der Waals surface area contributed by atoms with Gasteiger partial charge in [0.25, 0.3) is 0 Å². The maximum atomic E-state index is 4.79. The van der Waals surface area contributed by atoms with E-state index in [1.807, 2.05) is 12.3 Å². The van der Waals surface area contributed by atoms with Crippen molar-refractivity contribution in [3.63, 3.8) is 0 Å². The van der Waals surface area contributed by atoms with Crippen LogP contribution in [-0.2, 0) is 0 Å². The molecule has 3 nitrogen and oxygen atoms in total. The summed E-state index contributed by atoms with van der Waals surface area (Å²) in [6.45, 7) is 4.51. The molecule has 0 aliphatic rings. The zero-order valence-electron chi connectivity index (χ0n) is 22.1. The van der Waals surface area contributed by atoms with Gasteiger partial charge in [-0.2, -0.15) is 0 Å². The maximum Gasteiger partial charge on any atom is 0.0964 e. The van der Waals surface area contributed by atoms with Crippen molar-refractivity contribution in [2.45, 2.75) is 19.8 Å². The summed E-state index contributed by atoms with van der Waals surface area (Å²) < 4.78 is 2.29. The lowest BCUT2D eigenvalue weighted by molar-refractivity contribution is 0.869. The third-order valence-electron chi connectivity index (χ3n) is 7.58. The molecule has 0 amide bonds. The molecule has 0 bridgehead atoms. The Morgan fingerprint density at radius 3 is 2.23 bits per heavy atom.